The quantitative estimate of drug-likeness (QED) is 0.860. The Morgan fingerprint density at radius 1 is 1.38 bits per heavy atom. The lowest BCUT2D eigenvalue weighted by Crippen LogP contribution is -2.57. The molecule has 26 heavy (non-hydrogen) atoms. The lowest BCUT2D eigenvalue weighted by atomic mass is 10.1. The zero-order valence-electron chi connectivity index (χ0n) is 14.4. The van der Waals surface area contributed by atoms with Gasteiger partial charge in [0.25, 0.3) is 0 Å². The minimum Gasteiger partial charge on any atom is -0.350 e. The average Bonchev–Trinajstić information content (AvgIpc) is 2.52. The molecule has 0 radical (unpaired) electrons. The first-order valence-electron chi connectivity index (χ1n) is 8.29. The number of carbonyl (C=O) groups excluding carboxylic acids is 1. The first-order valence-corrected chi connectivity index (χ1v) is 8.29. The second-order valence-corrected chi connectivity index (χ2v) is 6.64. The van der Waals surface area contributed by atoms with Crippen molar-refractivity contribution in [3.8, 4) is 0 Å². The SMILES string of the molecule is CC(C)n1nc(CC(=O)NC2CNC2)c(=O)c2ccc(C(F)(F)F)cc21. The summed E-state index contributed by atoms with van der Waals surface area (Å²) in [6, 6.07) is 2.70. The normalized spacial score (nSPS) is 15.3. The van der Waals surface area contributed by atoms with E-state index >= 15 is 0 Å². The molecule has 2 heterocycles. The van der Waals surface area contributed by atoms with Gasteiger partial charge in [-0.25, -0.2) is 0 Å². The van der Waals surface area contributed by atoms with Gasteiger partial charge in [-0.2, -0.15) is 18.3 Å². The number of hydrogen-bond acceptors (Lipinski definition) is 4. The van der Waals surface area contributed by atoms with Crippen molar-refractivity contribution < 1.29 is 18.0 Å². The van der Waals surface area contributed by atoms with E-state index in [-0.39, 0.29) is 41.0 Å². The number of rotatable bonds is 4. The highest BCUT2D eigenvalue weighted by Gasteiger charge is 2.31. The molecule has 3 rings (SSSR count). The third-order valence-electron chi connectivity index (χ3n) is 4.27. The average molecular weight is 368 g/mol. The van der Waals surface area contributed by atoms with Crippen LogP contribution in [0.3, 0.4) is 0 Å². The van der Waals surface area contributed by atoms with Crippen LogP contribution in [0.2, 0.25) is 0 Å². The van der Waals surface area contributed by atoms with Crippen LogP contribution in [0.4, 0.5) is 13.2 Å². The van der Waals surface area contributed by atoms with Gasteiger partial charge in [0.2, 0.25) is 11.3 Å². The molecule has 2 aromatic rings. The van der Waals surface area contributed by atoms with Gasteiger partial charge >= 0.3 is 6.18 Å². The summed E-state index contributed by atoms with van der Waals surface area (Å²) in [5.74, 6) is -0.331. The van der Waals surface area contributed by atoms with Gasteiger partial charge in [0, 0.05) is 24.5 Å². The van der Waals surface area contributed by atoms with Crippen molar-refractivity contribution in [2.24, 2.45) is 0 Å². The number of aromatic nitrogens is 2. The molecule has 9 heteroatoms. The number of nitrogens with one attached hydrogen (secondary N) is 2. The molecule has 0 atom stereocenters. The number of hydrogen-bond donors (Lipinski definition) is 2. The van der Waals surface area contributed by atoms with Crippen LogP contribution in [-0.2, 0) is 17.4 Å². The number of benzene rings is 1. The molecule has 0 spiro atoms. The summed E-state index contributed by atoms with van der Waals surface area (Å²) in [5, 5.41) is 10.1. The van der Waals surface area contributed by atoms with Gasteiger partial charge in [-0.15, -0.1) is 0 Å². The summed E-state index contributed by atoms with van der Waals surface area (Å²) in [6.45, 7) is 4.85. The Balaban J connectivity index is 2.04. The van der Waals surface area contributed by atoms with Crippen molar-refractivity contribution in [1.29, 1.82) is 0 Å². The number of nitrogens with zero attached hydrogens (tertiary/aromatic N) is 2. The molecule has 1 aliphatic heterocycles. The lowest BCUT2D eigenvalue weighted by Gasteiger charge is -2.27. The van der Waals surface area contributed by atoms with E-state index in [2.05, 4.69) is 15.7 Å². The second kappa shape index (κ2) is 6.71. The number of alkyl halides is 3. The predicted octanol–water partition coefficient (Wildman–Crippen LogP) is 1.63. The zero-order chi connectivity index (χ0) is 19.1. The molecule has 1 aromatic carbocycles. The van der Waals surface area contributed by atoms with Gasteiger partial charge in [0.15, 0.2) is 0 Å². The van der Waals surface area contributed by atoms with Crippen LogP contribution >= 0.6 is 0 Å². The molecule has 1 fully saturated rings. The Bertz CT molecular complexity index is 901. The largest absolute Gasteiger partial charge is 0.416 e. The summed E-state index contributed by atoms with van der Waals surface area (Å²) in [7, 11) is 0. The molecule has 1 aliphatic rings. The van der Waals surface area contributed by atoms with Crippen molar-refractivity contribution in [3.63, 3.8) is 0 Å². The fraction of sp³-hybridized carbons (Fsp3) is 0.471. The molecule has 1 aromatic heterocycles. The maximum absolute atomic E-state index is 13.0. The summed E-state index contributed by atoms with van der Waals surface area (Å²) < 4.78 is 40.3. The lowest BCUT2D eigenvalue weighted by molar-refractivity contribution is -0.137. The van der Waals surface area contributed by atoms with Gasteiger partial charge in [0.1, 0.15) is 5.69 Å². The van der Waals surface area contributed by atoms with Gasteiger partial charge in [0.05, 0.1) is 23.5 Å². The minimum atomic E-state index is -4.51. The Hall–Kier alpha value is -2.42. The molecule has 0 saturated carbocycles. The zero-order valence-corrected chi connectivity index (χ0v) is 14.4. The molecule has 1 saturated heterocycles. The number of fused-ring (bicyclic) bond motifs is 1. The van der Waals surface area contributed by atoms with Crippen LogP contribution < -0.4 is 16.1 Å². The van der Waals surface area contributed by atoms with Crippen LogP contribution in [0.1, 0.15) is 31.1 Å². The van der Waals surface area contributed by atoms with Crippen LogP contribution in [0.5, 0.6) is 0 Å². The maximum atomic E-state index is 13.0. The number of halogens is 3. The van der Waals surface area contributed by atoms with Crippen molar-refractivity contribution in [2.75, 3.05) is 13.1 Å². The molecular formula is C17H19F3N4O2. The van der Waals surface area contributed by atoms with Crippen molar-refractivity contribution in [1.82, 2.24) is 20.4 Å². The fourth-order valence-corrected chi connectivity index (χ4v) is 2.81. The summed E-state index contributed by atoms with van der Waals surface area (Å²) in [4.78, 5) is 24.7. The van der Waals surface area contributed by atoms with E-state index < -0.39 is 17.2 Å². The number of amides is 1. The fourth-order valence-electron chi connectivity index (χ4n) is 2.81. The standard InChI is InChI=1S/C17H19F3N4O2/c1-9(2)24-14-5-10(17(18,19)20)3-4-12(14)16(26)13(23-24)6-15(25)22-11-7-21-8-11/h3-5,9,11,21H,6-8H2,1-2H3,(H,22,25). The highest BCUT2D eigenvalue weighted by molar-refractivity contribution is 5.82. The van der Waals surface area contributed by atoms with E-state index in [1.807, 2.05) is 0 Å². The third-order valence-corrected chi connectivity index (χ3v) is 4.27. The van der Waals surface area contributed by atoms with Gasteiger partial charge < -0.3 is 10.6 Å². The molecule has 0 unspecified atom stereocenters. The highest BCUT2D eigenvalue weighted by Crippen LogP contribution is 2.31. The predicted molar refractivity (Wildman–Crippen MR) is 89.9 cm³/mol. The summed E-state index contributed by atoms with van der Waals surface area (Å²) >= 11 is 0. The Kier molecular flexibility index (Phi) is 4.74. The molecule has 0 aliphatic carbocycles. The Labute approximate surface area is 147 Å². The Morgan fingerprint density at radius 2 is 2.08 bits per heavy atom. The topological polar surface area (TPSA) is 76.0 Å². The molecule has 2 N–H and O–H groups in total. The van der Waals surface area contributed by atoms with Crippen molar-refractivity contribution >= 4 is 16.8 Å². The third kappa shape index (κ3) is 3.57. The maximum Gasteiger partial charge on any atom is 0.416 e. The summed E-state index contributed by atoms with van der Waals surface area (Å²) in [6.07, 6.45) is -4.72. The highest BCUT2D eigenvalue weighted by atomic mass is 19.4. The molecule has 0 bridgehead atoms. The van der Waals surface area contributed by atoms with Crippen LogP contribution in [0.15, 0.2) is 23.0 Å². The van der Waals surface area contributed by atoms with E-state index in [1.165, 1.54) is 4.68 Å². The van der Waals surface area contributed by atoms with E-state index in [4.69, 9.17) is 0 Å². The first-order chi connectivity index (χ1) is 12.2. The molecule has 140 valence electrons. The van der Waals surface area contributed by atoms with Crippen molar-refractivity contribution in [3.05, 3.63) is 39.7 Å². The van der Waals surface area contributed by atoms with Gasteiger partial charge in [-0.3, -0.25) is 14.3 Å². The first kappa shape index (κ1) is 18.4. The van der Waals surface area contributed by atoms with Gasteiger partial charge in [-0.1, -0.05) is 0 Å². The van der Waals surface area contributed by atoms with Crippen molar-refractivity contribution in [2.45, 2.75) is 38.5 Å². The van der Waals surface area contributed by atoms with E-state index in [0.717, 1.165) is 18.2 Å². The Morgan fingerprint density at radius 3 is 2.62 bits per heavy atom. The van der Waals surface area contributed by atoms with E-state index in [0.29, 0.717) is 13.1 Å². The number of carbonyl (C=O) groups is 1. The van der Waals surface area contributed by atoms with Crippen LogP contribution in [0, 0.1) is 0 Å². The summed E-state index contributed by atoms with van der Waals surface area (Å²) in [5.41, 5.74) is -1.24. The van der Waals surface area contributed by atoms with E-state index in [1.54, 1.807) is 13.8 Å². The smallest absolute Gasteiger partial charge is 0.350 e. The molecule has 1 amide bonds. The molecular weight excluding hydrogens is 349 g/mol. The second-order valence-electron chi connectivity index (χ2n) is 6.64. The van der Waals surface area contributed by atoms with E-state index in [9.17, 15) is 22.8 Å². The van der Waals surface area contributed by atoms with Crippen LogP contribution in [0.25, 0.3) is 10.9 Å². The monoisotopic (exact) mass is 368 g/mol. The molecule has 6 nitrogen and oxygen atoms in total. The van der Waals surface area contributed by atoms with Gasteiger partial charge in [-0.05, 0) is 32.0 Å². The van der Waals surface area contributed by atoms with Crippen LogP contribution in [-0.4, -0.2) is 34.8 Å². The minimum absolute atomic E-state index is 0.0238.